The molecular formula is C9H19NO3S. The first-order chi connectivity index (χ1) is 6.18. The van der Waals surface area contributed by atoms with Crippen LogP contribution in [0.5, 0.6) is 0 Å². The van der Waals surface area contributed by atoms with Crippen LogP contribution in [0.1, 0.15) is 20.8 Å². The van der Waals surface area contributed by atoms with Crippen LogP contribution in [0.3, 0.4) is 0 Å². The Bertz CT molecular complexity index is 286. The zero-order valence-electron chi connectivity index (χ0n) is 9.28. The molecular weight excluding hydrogens is 202 g/mol. The third-order valence-corrected chi connectivity index (χ3v) is 3.38. The maximum absolute atomic E-state index is 11.0. The fourth-order valence-electron chi connectivity index (χ4n) is 1.27. The molecule has 0 bridgehead atoms. The molecule has 1 rings (SSSR count). The zero-order valence-corrected chi connectivity index (χ0v) is 10.1. The number of rotatable bonds is 3. The van der Waals surface area contributed by atoms with Crippen molar-refractivity contribution in [2.75, 3.05) is 26.0 Å². The predicted octanol–water partition coefficient (Wildman–Crippen LogP) is 0.693. The summed E-state index contributed by atoms with van der Waals surface area (Å²) in [6.45, 7) is 7.86. The Labute approximate surface area is 86.3 Å². The highest BCUT2D eigenvalue weighted by Gasteiger charge is 2.33. The maximum Gasteiger partial charge on any atom is 0.211 e. The van der Waals surface area contributed by atoms with Crippen LogP contribution >= 0.6 is 0 Å². The van der Waals surface area contributed by atoms with Gasteiger partial charge in [0.1, 0.15) is 0 Å². The molecule has 0 amide bonds. The zero-order chi connectivity index (χ0) is 11.0. The lowest BCUT2D eigenvalue weighted by Gasteiger charge is -2.38. The van der Waals surface area contributed by atoms with Gasteiger partial charge in [0.05, 0.1) is 18.5 Å². The Kier molecular flexibility index (Phi) is 3.23. The quantitative estimate of drug-likeness (QED) is 0.704. The van der Waals surface area contributed by atoms with Crippen molar-refractivity contribution in [1.29, 1.82) is 0 Å². The SMILES string of the molecule is CC(C)(C)OCC1CN(S(C)(=O)=O)C1. The summed E-state index contributed by atoms with van der Waals surface area (Å²) in [7, 11) is -2.98. The van der Waals surface area contributed by atoms with E-state index in [2.05, 4.69) is 0 Å². The van der Waals surface area contributed by atoms with Gasteiger partial charge in [0.25, 0.3) is 0 Å². The highest BCUT2D eigenvalue weighted by Crippen LogP contribution is 2.20. The predicted molar refractivity (Wildman–Crippen MR) is 55.6 cm³/mol. The summed E-state index contributed by atoms with van der Waals surface area (Å²) in [4.78, 5) is 0. The molecule has 1 fully saturated rings. The van der Waals surface area contributed by atoms with Gasteiger partial charge in [-0.2, -0.15) is 0 Å². The molecule has 0 atom stereocenters. The average Bonchev–Trinajstić information content (AvgIpc) is 1.76. The van der Waals surface area contributed by atoms with Crippen molar-refractivity contribution < 1.29 is 13.2 Å². The van der Waals surface area contributed by atoms with Gasteiger partial charge in [-0.3, -0.25) is 0 Å². The first-order valence-corrected chi connectivity index (χ1v) is 6.62. The monoisotopic (exact) mass is 221 g/mol. The minimum atomic E-state index is -2.98. The van der Waals surface area contributed by atoms with Gasteiger partial charge in [-0.1, -0.05) is 0 Å². The molecule has 0 unspecified atom stereocenters. The number of ether oxygens (including phenoxy) is 1. The molecule has 1 aliphatic heterocycles. The van der Waals surface area contributed by atoms with Crippen molar-refractivity contribution in [3.63, 3.8) is 0 Å². The fraction of sp³-hybridized carbons (Fsp3) is 1.00. The van der Waals surface area contributed by atoms with Crippen LogP contribution in [0.4, 0.5) is 0 Å². The molecule has 14 heavy (non-hydrogen) atoms. The Hall–Kier alpha value is -0.130. The second kappa shape index (κ2) is 3.79. The van der Waals surface area contributed by atoms with Crippen molar-refractivity contribution in [1.82, 2.24) is 4.31 Å². The summed E-state index contributed by atoms with van der Waals surface area (Å²) < 4.78 is 29.1. The normalized spacial score (nSPS) is 20.9. The average molecular weight is 221 g/mol. The summed E-state index contributed by atoms with van der Waals surface area (Å²) in [5, 5.41) is 0. The third kappa shape index (κ3) is 3.55. The summed E-state index contributed by atoms with van der Waals surface area (Å²) in [5.41, 5.74) is -0.133. The van der Waals surface area contributed by atoms with E-state index < -0.39 is 10.0 Å². The Morgan fingerprint density at radius 2 is 1.86 bits per heavy atom. The highest BCUT2D eigenvalue weighted by atomic mass is 32.2. The minimum absolute atomic E-state index is 0.133. The molecule has 4 nitrogen and oxygen atoms in total. The van der Waals surface area contributed by atoms with E-state index in [4.69, 9.17) is 4.74 Å². The van der Waals surface area contributed by atoms with Gasteiger partial charge in [-0.05, 0) is 20.8 Å². The van der Waals surface area contributed by atoms with E-state index in [0.717, 1.165) is 0 Å². The van der Waals surface area contributed by atoms with Crippen LogP contribution in [-0.2, 0) is 14.8 Å². The van der Waals surface area contributed by atoms with E-state index in [-0.39, 0.29) is 5.60 Å². The van der Waals surface area contributed by atoms with Crippen LogP contribution in [-0.4, -0.2) is 44.3 Å². The standard InChI is InChI=1S/C9H19NO3S/c1-9(2,3)13-7-8-5-10(6-8)14(4,11)12/h8H,5-7H2,1-4H3. The summed E-state index contributed by atoms with van der Waals surface area (Å²) in [5.74, 6) is 0.365. The lowest BCUT2D eigenvalue weighted by molar-refractivity contribution is -0.0418. The van der Waals surface area contributed by atoms with E-state index >= 15 is 0 Å². The van der Waals surface area contributed by atoms with E-state index in [0.29, 0.717) is 25.6 Å². The van der Waals surface area contributed by atoms with Crippen molar-refractivity contribution >= 4 is 10.0 Å². The number of hydrogen-bond donors (Lipinski definition) is 0. The van der Waals surface area contributed by atoms with Gasteiger partial charge < -0.3 is 4.74 Å². The Balaban J connectivity index is 2.23. The highest BCUT2D eigenvalue weighted by molar-refractivity contribution is 7.88. The van der Waals surface area contributed by atoms with Gasteiger partial charge in [0, 0.05) is 19.0 Å². The van der Waals surface area contributed by atoms with Gasteiger partial charge in [0.2, 0.25) is 10.0 Å². The molecule has 1 aliphatic rings. The lowest BCUT2D eigenvalue weighted by atomic mass is 10.0. The maximum atomic E-state index is 11.0. The first-order valence-electron chi connectivity index (χ1n) is 4.77. The first kappa shape index (κ1) is 11.9. The van der Waals surface area contributed by atoms with Gasteiger partial charge in [-0.25, -0.2) is 12.7 Å². The third-order valence-electron chi connectivity index (χ3n) is 2.14. The summed E-state index contributed by atoms with van der Waals surface area (Å²) in [6.07, 6.45) is 1.24. The van der Waals surface area contributed by atoms with Crippen LogP contribution in [0.2, 0.25) is 0 Å². The van der Waals surface area contributed by atoms with Gasteiger partial charge in [0.15, 0.2) is 0 Å². The minimum Gasteiger partial charge on any atom is -0.375 e. The molecule has 0 saturated carbocycles. The van der Waals surface area contributed by atoms with Gasteiger partial charge >= 0.3 is 0 Å². The Morgan fingerprint density at radius 1 is 1.36 bits per heavy atom. The summed E-state index contributed by atoms with van der Waals surface area (Å²) in [6, 6.07) is 0. The summed E-state index contributed by atoms with van der Waals surface area (Å²) >= 11 is 0. The van der Waals surface area contributed by atoms with Crippen molar-refractivity contribution in [3.05, 3.63) is 0 Å². The van der Waals surface area contributed by atoms with Crippen LogP contribution in [0.15, 0.2) is 0 Å². The number of sulfonamides is 1. The fourth-order valence-corrected chi connectivity index (χ4v) is 2.23. The van der Waals surface area contributed by atoms with E-state index in [1.807, 2.05) is 20.8 Å². The smallest absolute Gasteiger partial charge is 0.211 e. The largest absolute Gasteiger partial charge is 0.375 e. The van der Waals surface area contributed by atoms with E-state index in [9.17, 15) is 8.42 Å². The molecule has 0 spiro atoms. The topological polar surface area (TPSA) is 46.6 Å². The second-order valence-corrected chi connectivity index (χ2v) is 6.85. The Morgan fingerprint density at radius 3 is 2.21 bits per heavy atom. The molecule has 0 aromatic rings. The van der Waals surface area contributed by atoms with Gasteiger partial charge in [-0.15, -0.1) is 0 Å². The lowest BCUT2D eigenvalue weighted by Crippen LogP contribution is -2.51. The molecule has 1 heterocycles. The molecule has 84 valence electrons. The van der Waals surface area contributed by atoms with Crippen molar-refractivity contribution in [2.45, 2.75) is 26.4 Å². The van der Waals surface area contributed by atoms with Crippen molar-refractivity contribution in [2.24, 2.45) is 5.92 Å². The van der Waals surface area contributed by atoms with E-state index in [1.165, 1.54) is 10.6 Å². The van der Waals surface area contributed by atoms with Crippen LogP contribution in [0, 0.1) is 5.92 Å². The molecule has 0 N–H and O–H groups in total. The number of nitrogens with zero attached hydrogens (tertiary/aromatic N) is 1. The molecule has 0 aromatic heterocycles. The van der Waals surface area contributed by atoms with Crippen LogP contribution in [0.25, 0.3) is 0 Å². The molecule has 0 radical (unpaired) electrons. The molecule has 1 saturated heterocycles. The molecule has 5 heteroatoms. The number of hydrogen-bond acceptors (Lipinski definition) is 3. The second-order valence-electron chi connectivity index (χ2n) is 4.87. The van der Waals surface area contributed by atoms with Crippen LogP contribution < -0.4 is 0 Å². The molecule has 0 aliphatic carbocycles. The van der Waals surface area contributed by atoms with E-state index in [1.54, 1.807) is 0 Å². The molecule has 0 aromatic carbocycles. The van der Waals surface area contributed by atoms with Crippen molar-refractivity contribution in [3.8, 4) is 0 Å².